The van der Waals surface area contributed by atoms with Gasteiger partial charge >= 0.3 is 0 Å². The summed E-state index contributed by atoms with van der Waals surface area (Å²) in [6.07, 6.45) is 3.97. The number of rotatable bonds is 4. The smallest absolute Gasteiger partial charge is 0.124 e. The van der Waals surface area contributed by atoms with Crippen LogP contribution in [-0.4, -0.2) is 13.2 Å². The molecule has 16 heavy (non-hydrogen) atoms. The zero-order valence-electron chi connectivity index (χ0n) is 9.40. The molecular weight excluding hydrogens is 202 g/mol. The Morgan fingerprint density at radius 3 is 2.81 bits per heavy atom. The molecule has 0 amide bonds. The molecule has 1 saturated carbocycles. The predicted molar refractivity (Wildman–Crippen MR) is 60.1 cm³/mol. The number of ether oxygens (including phenoxy) is 2. The maximum absolute atomic E-state index is 8.83. The van der Waals surface area contributed by atoms with Crippen molar-refractivity contribution in [2.45, 2.75) is 32.0 Å². The van der Waals surface area contributed by atoms with Crippen molar-refractivity contribution in [2.75, 3.05) is 7.11 Å². The predicted octanol–water partition coefficient (Wildman–Crippen LogP) is 2.64. The molecule has 1 aromatic carbocycles. The van der Waals surface area contributed by atoms with Crippen LogP contribution in [0, 0.1) is 11.3 Å². The number of methoxy groups -OCH3 is 1. The third kappa shape index (κ3) is 2.34. The Labute approximate surface area is 95.6 Å². The van der Waals surface area contributed by atoms with E-state index >= 15 is 0 Å². The maximum Gasteiger partial charge on any atom is 0.124 e. The van der Waals surface area contributed by atoms with Crippen molar-refractivity contribution in [1.82, 2.24) is 0 Å². The SMILES string of the molecule is COc1ccc(C#N)cc1COC1CCC1. The monoisotopic (exact) mass is 217 g/mol. The van der Waals surface area contributed by atoms with Crippen LogP contribution < -0.4 is 4.74 Å². The molecule has 0 spiro atoms. The zero-order chi connectivity index (χ0) is 11.4. The van der Waals surface area contributed by atoms with Crippen LogP contribution >= 0.6 is 0 Å². The minimum absolute atomic E-state index is 0.399. The van der Waals surface area contributed by atoms with Crippen LogP contribution in [0.2, 0.25) is 0 Å². The van der Waals surface area contributed by atoms with Crippen molar-refractivity contribution in [1.29, 1.82) is 5.26 Å². The molecular formula is C13H15NO2. The van der Waals surface area contributed by atoms with E-state index in [0.29, 0.717) is 18.3 Å². The summed E-state index contributed by atoms with van der Waals surface area (Å²) >= 11 is 0. The van der Waals surface area contributed by atoms with Crippen molar-refractivity contribution < 1.29 is 9.47 Å². The summed E-state index contributed by atoms with van der Waals surface area (Å²) in [7, 11) is 1.63. The average Bonchev–Trinajstić information content (AvgIpc) is 2.26. The second-order valence-electron chi connectivity index (χ2n) is 4.00. The molecule has 84 valence electrons. The van der Waals surface area contributed by atoms with Crippen LogP contribution in [0.5, 0.6) is 5.75 Å². The molecule has 2 rings (SSSR count). The standard InChI is InChI=1S/C13H15NO2/c1-15-13-6-5-10(8-14)7-11(13)9-16-12-3-2-4-12/h5-7,12H,2-4,9H2,1H3. The Balaban J connectivity index is 2.06. The van der Waals surface area contributed by atoms with Gasteiger partial charge < -0.3 is 9.47 Å². The largest absolute Gasteiger partial charge is 0.496 e. The first-order valence-electron chi connectivity index (χ1n) is 5.52. The van der Waals surface area contributed by atoms with Crippen LogP contribution in [0.1, 0.15) is 30.4 Å². The fourth-order valence-electron chi connectivity index (χ4n) is 1.71. The normalized spacial score (nSPS) is 15.2. The minimum atomic E-state index is 0.399. The molecule has 1 aliphatic carbocycles. The first-order valence-corrected chi connectivity index (χ1v) is 5.52. The van der Waals surface area contributed by atoms with E-state index in [1.165, 1.54) is 6.42 Å². The average molecular weight is 217 g/mol. The maximum atomic E-state index is 8.83. The number of hydrogen-bond donors (Lipinski definition) is 0. The number of nitrogens with zero attached hydrogens (tertiary/aromatic N) is 1. The summed E-state index contributed by atoms with van der Waals surface area (Å²) in [5.74, 6) is 0.790. The second kappa shape index (κ2) is 5.00. The Kier molecular flexibility index (Phi) is 3.43. The third-order valence-electron chi connectivity index (χ3n) is 2.94. The fourth-order valence-corrected chi connectivity index (χ4v) is 1.71. The molecule has 0 bridgehead atoms. The number of benzene rings is 1. The van der Waals surface area contributed by atoms with E-state index in [1.807, 2.05) is 12.1 Å². The minimum Gasteiger partial charge on any atom is -0.496 e. The molecule has 0 aromatic heterocycles. The van der Waals surface area contributed by atoms with E-state index in [0.717, 1.165) is 24.2 Å². The van der Waals surface area contributed by atoms with Gasteiger partial charge in [0.25, 0.3) is 0 Å². The molecule has 1 fully saturated rings. The highest BCUT2D eigenvalue weighted by atomic mass is 16.5. The van der Waals surface area contributed by atoms with Gasteiger partial charge in [0, 0.05) is 5.56 Å². The highest BCUT2D eigenvalue weighted by Crippen LogP contribution is 2.26. The van der Waals surface area contributed by atoms with Crippen LogP contribution in [0.4, 0.5) is 0 Å². The van der Waals surface area contributed by atoms with Crippen molar-refractivity contribution >= 4 is 0 Å². The van der Waals surface area contributed by atoms with Gasteiger partial charge in [0.15, 0.2) is 0 Å². The van der Waals surface area contributed by atoms with Crippen LogP contribution in [0.3, 0.4) is 0 Å². The van der Waals surface area contributed by atoms with Gasteiger partial charge in [0.2, 0.25) is 0 Å². The molecule has 0 aliphatic heterocycles. The van der Waals surface area contributed by atoms with Crippen LogP contribution in [0.25, 0.3) is 0 Å². The van der Waals surface area contributed by atoms with E-state index in [1.54, 1.807) is 13.2 Å². The number of hydrogen-bond acceptors (Lipinski definition) is 3. The first kappa shape index (κ1) is 11.0. The van der Waals surface area contributed by atoms with E-state index in [4.69, 9.17) is 14.7 Å². The summed E-state index contributed by atoms with van der Waals surface area (Å²) in [4.78, 5) is 0. The summed E-state index contributed by atoms with van der Waals surface area (Å²) in [5, 5.41) is 8.83. The molecule has 0 atom stereocenters. The lowest BCUT2D eigenvalue weighted by atomic mass is 9.96. The van der Waals surface area contributed by atoms with E-state index < -0.39 is 0 Å². The molecule has 0 radical (unpaired) electrons. The van der Waals surface area contributed by atoms with Gasteiger partial charge in [-0.15, -0.1) is 0 Å². The Hall–Kier alpha value is -1.53. The molecule has 1 aromatic rings. The van der Waals surface area contributed by atoms with Gasteiger partial charge in [-0.05, 0) is 37.5 Å². The van der Waals surface area contributed by atoms with Gasteiger partial charge in [0.1, 0.15) is 5.75 Å². The van der Waals surface area contributed by atoms with Gasteiger partial charge in [-0.25, -0.2) is 0 Å². The lowest BCUT2D eigenvalue weighted by Gasteiger charge is -2.25. The first-order chi connectivity index (χ1) is 7.83. The Morgan fingerprint density at radius 2 is 2.25 bits per heavy atom. The molecule has 0 heterocycles. The fraction of sp³-hybridized carbons (Fsp3) is 0.462. The lowest BCUT2D eigenvalue weighted by Crippen LogP contribution is -2.21. The summed E-state index contributed by atoms with van der Waals surface area (Å²) < 4.78 is 11.0. The topological polar surface area (TPSA) is 42.2 Å². The molecule has 1 aliphatic rings. The van der Waals surface area contributed by atoms with Gasteiger partial charge in [0.05, 0.1) is 31.5 Å². The van der Waals surface area contributed by atoms with Gasteiger partial charge in [-0.1, -0.05) is 0 Å². The molecule has 3 nitrogen and oxygen atoms in total. The van der Waals surface area contributed by atoms with Crippen LogP contribution in [-0.2, 0) is 11.3 Å². The molecule has 0 saturated heterocycles. The zero-order valence-corrected chi connectivity index (χ0v) is 9.40. The highest BCUT2D eigenvalue weighted by Gasteiger charge is 2.18. The van der Waals surface area contributed by atoms with E-state index in [9.17, 15) is 0 Å². The summed E-state index contributed by atoms with van der Waals surface area (Å²) in [5.41, 5.74) is 1.60. The highest BCUT2D eigenvalue weighted by molar-refractivity contribution is 5.41. The third-order valence-corrected chi connectivity index (χ3v) is 2.94. The molecule has 0 N–H and O–H groups in total. The van der Waals surface area contributed by atoms with Crippen molar-refractivity contribution in [2.24, 2.45) is 0 Å². The van der Waals surface area contributed by atoms with E-state index in [-0.39, 0.29) is 0 Å². The van der Waals surface area contributed by atoms with Gasteiger partial charge in [-0.3, -0.25) is 0 Å². The Morgan fingerprint density at radius 1 is 1.44 bits per heavy atom. The lowest BCUT2D eigenvalue weighted by molar-refractivity contribution is -0.00934. The quantitative estimate of drug-likeness (QED) is 0.778. The van der Waals surface area contributed by atoms with Gasteiger partial charge in [-0.2, -0.15) is 5.26 Å². The number of nitriles is 1. The van der Waals surface area contributed by atoms with E-state index in [2.05, 4.69) is 6.07 Å². The van der Waals surface area contributed by atoms with Crippen molar-refractivity contribution in [3.63, 3.8) is 0 Å². The molecule has 0 unspecified atom stereocenters. The Bertz CT molecular complexity index is 405. The molecule has 3 heteroatoms. The summed E-state index contributed by atoms with van der Waals surface area (Å²) in [6.45, 7) is 0.531. The van der Waals surface area contributed by atoms with Crippen molar-refractivity contribution in [3.05, 3.63) is 29.3 Å². The second-order valence-corrected chi connectivity index (χ2v) is 4.00. The van der Waals surface area contributed by atoms with Crippen LogP contribution in [0.15, 0.2) is 18.2 Å². The summed E-state index contributed by atoms with van der Waals surface area (Å²) in [6, 6.07) is 7.53. The van der Waals surface area contributed by atoms with Crippen molar-refractivity contribution in [3.8, 4) is 11.8 Å².